The molecule has 0 N–H and O–H groups in total. The standard InChI is InChI=1S/C8H12F6O2S/c1-5(2,8(11,12)13)7(9,10)6(3,4)17(14,15)16/h1-4H3. The Bertz CT molecular complexity index is 393. The van der Waals surface area contributed by atoms with Crippen LogP contribution in [0.4, 0.5) is 25.8 Å². The minimum Gasteiger partial charge on any atom is -0.204 e. The quantitative estimate of drug-likeness (QED) is 0.589. The Morgan fingerprint density at radius 2 is 1.12 bits per heavy atom. The molecule has 0 spiro atoms. The molecule has 0 radical (unpaired) electrons. The number of hydrogen-bond acceptors (Lipinski definition) is 2. The van der Waals surface area contributed by atoms with Crippen LogP contribution >= 0.6 is 0 Å². The fourth-order valence-corrected chi connectivity index (χ4v) is 1.65. The summed E-state index contributed by atoms with van der Waals surface area (Å²) in [6, 6.07) is 0. The zero-order chi connectivity index (χ0) is 14.5. The van der Waals surface area contributed by atoms with Gasteiger partial charge in [0.15, 0.2) is 4.75 Å². The minimum atomic E-state index is -5.85. The molecule has 0 unspecified atom stereocenters. The second-order valence-electron chi connectivity index (χ2n) is 4.65. The average molecular weight is 286 g/mol. The highest BCUT2D eigenvalue weighted by atomic mass is 32.3. The van der Waals surface area contributed by atoms with E-state index >= 15 is 0 Å². The van der Waals surface area contributed by atoms with Gasteiger partial charge in [0.2, 0.25) is 0 Å². The van der Waals surface area contributed by atoms with Crippen LogP contribution in [-0.4, -0.2) is 25.3 Å². The molecule has 0 aromatic carbocycles. The van der Waals surface area contributed by atoms with Crippen molar-refractivity contribution in [1.29, 1.82) is 0 Å². The molecule has 2 nitrogen and oxygen atoms in total. The number of rotatable bonds is 3. The molecule has 0 atom stereocenters. The van der Waals surface area contributed by atoms with Gasteiger partial charge in [0.1, 0.15) is 5.41 Å². The molecule has 17 heavy (non-hydrogen) atoms. The summed E-state index contributed by atoms with van der Waals surface area (Å²) in [5.74, 6) is -4.83. The first-order valence-corrected chi connectivity index (χ1v) is 5.77. The molecule has 9 heteroatoms. The van der Waals surface area contributed by atoms with Crippen LogP contribution in [0.15, 0.2) is 0 Å². The molecule has 0 rings (SSSR count). The maximum atomic E-state index is 13.6. The molecule has 0 aliphatic rings. The van der Waals surface area contributed by atoms with Gasteiger partial charge in [-0.25, -0.2) is 8.78 Å². The van der Waals surface area contributed by atoms with Crippen LogP contribution in [0.5, 0.6) is 0 Å². The van der Waals surface area contributed by atoms with Gasteiger partial charge in [-0.05, 0) is 27.7 Å². The topological polar surface area (TPSA) is 34.1 Å². The molecular weight excluding hydrogens is 274 g/mol. The van der Waals surface area contributed by atoms with Gasteiger partial charge >= 0.3 is 16.4 Å². The lowest BCUT2D eigenvalue weighted by Crippen LogP contribution is -2.60. The summed E-state index contributed by atoms with van der Waals surface area (Å²) in [6.07, 6.45) is -5.38. The highest BCUT2D eigenvalue weighted by Crippen LogP contribution is 2.55. The Morgan fingerprint density at radius 1 is 0.824 bits per heavy atom. The van der Waals surface area contributed by atoms with Crippen LogP contribution in [0.2, 0.25) is 0 Å². The van der Waals surface area contributed by atoms with Gasteiger partial charge < -0.3 is 0 Å². The molecule has 0 bridgehead atoms. The molecule has 0 aromatic rings. The van der Waals surface area contributed by atoms with E-state index in [0.717, 1.165) is 0 Å². The Morgan fingerprint density at radius 3 is 1.29 bits per heavy atom. The second-order valence-corrected chi connectivity index (χ2v) is 6.54. The Labute approximate surface area is 95.2 Å². The van der Waals surface area contributed by atoms with E-state index in [0.29, 0.717) is 0 Å². The predicted octanol–water partition coefficient (Wildman–Crippen LogP) is 3.29. The van der Waals surface area contributed by atoms with Crippen molar-refractivity contribution in [3.63, 3.8) is 0 Å². The lowest BCUT2D eigenvalue weighted by molar-refractivity contribution is -0.292. The van der Waals surface area contributed by atoms with Gasteiger partial charge in [0, 0.05) is 0 Å². The minimum absolute atomic E-state index is 0.125. The summed E-state index contributed by atoms with van der Waals surface area (Å²) >= 11 is 0. The first-order chi connectivity index (χ1) is 7.00. The predicted molar refractivity (Wildman–Crippen MR) is 48.9 cm³/mol. The van der Waals surface area contributed by atoms with Gasteiger partial charge in [-0.1, -0.05) is 0 Å². The molecular formula is C8H12F6O2S. The molecule has 0 amide bonds. The van der Waals surface area contributed by atoms with Crippen LogP contribution in [0.3, 0.4) is 0 Å². The van der Waals surface area contributed by atoms with Crippen LogP contribution in [0.1, 0.15) is 27.7 Å². The first kappa shape index (κ1) is 16.5. The normalized spacial score (nSPS) is 16.1. The zero-order valence-corrected chi connectivity index (χ0v) is 10.3. The SMILES string of the molecule is CC(C)(C(F)(F)F)C(F)(F)C(C)(C)S(=O)(=O)F. The van der Waals surface area contributed by atoms with Crippen molar-refractivity contribution in [2.24, 2.45) is 5.41 Å². The van der Waals surface area contributed by atoms with E-state index in [1.165, 1.54) is 0 Å². The average Bonchev–Trinajstić information content (AvgIpc) is 1.98. The van der Waals surface area contributed by atoms with E-state index in [-0.39, 0.29) is 27.7 Å². The summed E-state index contributed by atoms with van der Waals surface area (Å²) in [5.41, 5.74) is -3.68. The van der Waals surface area contributed by atoms with Crippen molar-refractivity contribution in [1.82, 2.24) is 0 Å². The molecule has 0 aliphatic heterocycles. The first-order valence-electron chi connectivity index (χ1n) is 4.39. The molecule has 0 saturated carbocycles. The summed E-state index contributed by atoms with van der Waals surface area (Å²) in [6.45, 7) is 0.686. The molecule has 104 valence electrons. The zero-order valence-electron chi connectivity index (χ0n) is 9.49. The van der Waals surface area contributed by atoms with Crippen molar-refractivity contribution in [3.8, 4) is 0 Å². The molecule has 0 heterocycles. The van der Waals surface area contributed by atoms with Crippen molar-refractivity contribution in [2.75, 3.05) is 0 Å². The molecule has 0 aromatic heterocycles. The smallest absolute Gasteiger partial charge is 0.204 e. The van der Waals surface area contributed by atoms with E-state index in [4.69, 9.17) is 0 Å². The van der Waals surface area contributed by atoms with Crippen molar-refractivity contribution < 1.29 is 34.3 Å². The lowest BCUT2D eigenvalue weighted by Gasteiger charge is -2.42. The third-order valence-electron chi connectivity index (χ3n) is 2.86. The van der Waals surface area contributed by atoms with E-state index in [1.807, 2.05) is 0 Å². The maximum absolute atomic E-state index is 13.6. The summed E-state index contributed by atoms with van der Waals surface area (Å²) in [5, 5.41) is 0. The summed E-state index contributed by atoms with van der Waals surface area (Å²) in [4.78, 5) is 0. The van der Waals surface area contributed by atoms with Gasteiger partial charge in [0.05, 0.1) is 0 Å². The van der Waals surface area contributed by atoms with Crippen molar-refractivity contribution >= 4 is 10.2 Å². The highest BCUT2D eigenvalue weighted by Gasteiger charge is 2.72. The van der Waals surface area contributed by atoms with Gasteiger partial charge in [-0.2, -0.15) is 21.6 Å². The van der Waals surface area contributed by atoms with E-state index < -0.39 is 32.5 Å². The molecule has 0 saturated heterocycles. The maximum Gasteiger partial charge on any atom is 0.399 e. The molecule has 0 aliphatic carbocycles. The van der Waals surface area contributed by atoms with Crippen LogP contribution < -0.4 is 0 Å². The molecule has 0 fully saturated rings. The number of alkyl halides is 5. The van der Waals surface area contributed by atoms with E-state index in [1.54, 1.807) is 0 Å². The van der Waals surface area contributed by atoms with Crippen LogP contribution in [0, 0.1) is 5.41 Å². The summed E-state index contributed by atoms with van der Waals surface area (Å²) < 4.78 is 95.0. The Hall–Kier alpha value is -0.470. The van der Waals surface area contributed by atoms with Gasteiger partial charge in [-0.15, -0.1) is 3.89 Å². The Balaban J connectivity index is 5.91. The van der Waals surface area contributed by atoms with Crippen LogP contribution in [0.25, 0.3) is 0 Å². The Kier molecular flexibility index (Phi) is 3.66. The van der Waals surface area contributed by atoms with Gasteiger partial charge in [0.25, 0.3) is 5.92 Å². The highest BCUT2D eigenvalue weighted by molar-refractivity contribution is 7.87. The number of hydrogen-bond donors (Lipinski definition) is 0. The second kappa shape index (κ2) is 3.76. The van der Waals surface area contributed by atoms with Crippen molar-refractivity contribution in [2.45, 2.75) is 44.5 Å². The monoisotopic (exact) mass is 286 g/mol. The van der Waals surface area contributed by atoms with Crippen molar-refractivity contribution in [3.05, 3.63) is 0 Å². The van der Waals surface area contributed by atoms with E-state index in [9.17, 15) is 34.3 Å². The van der Waals surface area contributed by atoms with Gasteiger partial charge in [-0.3, -0.25) is 0 Å². The third kappa shape index (κ3) is 2.25. The lowest BCUT2D eigenvalue weighted by atomic mass is 9.78. The fraction of sp³-hybridized carbons (Fsp3) is 1.00. The van der Waals surface area contributed by atoms with Crippen LogP contribution in [-0.2, 0) is 10.2 Å². The van der Waals surface area contributed by atoms with E-state index in [2.05, 4.69) is 0 Å². The third-order valence-corrected chi connectivity index (χ3v) is 4.33. The summed E-state index contributed by atoms with van der Waals surface area (Å²) in [7, 11) is -5.85. The number of halogens is 6. The largest absolute Gasteiger partial charge is 0.399 e. The fourth-order valence-electron chi connectivity index (χ4n) is 1.08.